The number of nitrogens with zero attached hydrogens (tertiary/aromatic N) is 7. The smallest absolute Gasteiger partial charge is 0.410 e. The minimum atomic E-state index is -0.489. The van der Waals surface area contributed by atoms with Crippen LogP contribution >= 0.6 is 11.6 Å². The fraction of sp³-hybridized carbons (Fsp3) is 0.725. The van der Waals surface area contributed by atoms with E-state index < -0.39 is 5.60 Å². The molecule has 0 bridgehead atoms. The van der Waals surface area contributed by atoms with E-state index in [1.54, 1.807) is 0 Å². The third kappa shape index (κ3) is 5.84. The maximum atomic E-state index is 12.8. The lowest BCUT2D eigenvalue weighted by Crippen LogP contribution is -2.67. The molecule has 1 amide bonds. The Hall–Kier alpha value is -2.86. The fourth-order valence-corrected chi connectivity index (χ4v) is 10.6. The Morgan fingerprint density at radius 2 is 1.71 bits per heavy atom. The van der Waals surface area contributed by atoms with Gasteiger partial charge in [0.25, 0.3) is 0 Å². The molecule has 6 heterocycles. The quantitative estimate of drug-likeness (QED) is 0.264. The number of hydrogen-bond acceptors (Lipinski definition) is 8. The number of likely N-dealkylation sites (tertiary alicyclic amines) is 1. The molecule has 1 unspecified atom stereocenters. The molecule has 0 N–H and O–H groups in total. The fourth-order valence-electron chi connectivity index (χ4n) is 10.3. The van der Waals surface area contributed by atoms with Crippen LogP contribution in [0.4, 0.5) is 10.6 Å². The molecule has 1 aromatic carbocycles. The highest BCUT2D eigenvalue weighted by atomic mass is 35.5. The number of halogens is 1. The van der Waals surface area contributed by atoms with Gasteiger partial charge in [-0.2, -0.15) is 10.2 Å². The van der Waals surface area contributed by atoms with Crippen LogP contribution in [0.1, 0.15) is 109 Å². The van der Waals surface area contributed by atoms with Gasteiger partial charge in [0, 0.05) is 86.2 Å². The lowest BCUT2D eigenvalue weighted by molar-refractivity contribution is -0.0930. The third-order valence-corrected chi connectivity index (χ3v) is 13.6. The zero-order valence-electron chi connectivity index (χ0n) is 31.8. The van der Waals surface area contributed by atoms with Crippen LogP contribution < -0.4 is 4.90 Å². The highest BCUT2D eigenvalue weighted by molar-refractivity contribution is 6.36. The highest BCUT2D eigenvalue weighted by Crippen LogP contribution is 2.56. The lowest BCUT2D eigenvalue weighted by Gasteiger charge is -2.58. The maximum absolute atomic E-state index is 12.8. The molecule has 3 aromatic rings. The number of ether oxygens (including phenoxy) is 3. The van der Waals surface area contributed by atoms with Gasteiger partial charge >= 0.3 is 6.09 Å². The number of carbonyl (C=O) groups is 1. The van der Waals surface area contributed by atoms with Gasteiger partial charge in [-0.25, -0.2) is 9.48 Å². The second kappa shape index (κ2) is 12.9. The molecule has 12 heteroatoms. The van der Waals surface area contributed by atoms with Crippen molar-refractivity contribution in [3.05, 3.63) is 28.5 Å². The van der Waals surface area contributed by atoms with Crippen molar-refractivity contribution in [1.29, 1.82) is 0 Å². The Balaban J connectivity index is 1.09. The molecule has 6 fully saturated rings. The number of carbonyl (C=O) groups excluding carboxylic acids is 1. The van der Waals surface area contributed by atoms with Crippen molar-refractivity contribution in [3.63, 3.8) is 0 Å². The summed E-state index contributed by atoms with van der Waals surface area (Å²) in [5.74, 6) is 1.07. The molecule has 9 rings (SSSR count). The first-order valence-corrected chi connectivity index (χ1v) is 20.3. The summed E-state index contributed by atoms with van der Waals surface area (Å²) in [6.45, 7) is 17.2. The second-order valence-electron chi connectivity index (χ2n) is 17.9. The van der Waals surface area contributed by atoms with Crippen LogP contribution in [-0.2, 0) is 14.2 Å². The number of anilines is 1. The van der Waals surface area contributed by atoms with E-state index in [1.807, 2.05) is 31.9 Å². The summed E-state index contributed by atoms with van der Waals surface area (Å²) in [5, 5.41) is 12.4. The van der Waals surface area contributed by atoms with Gasteiger partial charge in [-0.05, 0) is 110 Å². The van der Waals surface area contributed by atoms with Crippen LogP contribution in [-0.4, -0.2) is 105 Å². The second-order valence-corrected chi connectivity index (χ2v) is 18.3. The summed E-state index contributed by atoms with van der Waals surface area (Å²) in [7, 11) is 0. The molecule has 4 saturated heterocycles. The van der Waals surface area contributed by atoms with Crippen LogP contribution in [0.5, 0.6) is 0 Å². The van der Waals surface area contributed by atoms with Gasteiger partial charge in [-0.1, -0.05) is 11.6 Å². The molecule has 1 atom stereocenters. The van der Waals surface area contributed by atoms with Crippen LogP contribution in [0.15, 0.2) is 12.3 Å². The minimum Gasteiger partial charge on any atom is -0.444 e. The number of piperazine rings is 1. The molecule has 2 aromatic heterocycles. The normalized spacial score (nSPS) is 25.4. The molecule has 2 aliphatic carbocycles. The SMILES string of the molecule is Cc1cc2c(cnn2C2CCCCO2)c(-c2c(N3CCN(C4CCOCC4)CC34CCC4)nn(C3CC4(C3)CN(C(=O)OC(C)(C)C)C4)c2C)c1Cl. The molecule has 11 nitrogen and oxygen atoms in total. The number of aryl methyl sites for hydroxylation is 1. The Kier molecular flexibility index (Phi) is 8.64. The van der Waals surface area contributed by atoms with Gasteiger partial charge in [-0.3, -0.25) is 9.58 Å². The molecule has 2 saturated carbocycles. The van der Waals surface area contributed by atoms with Crippen molar-refractivity contribution in [2.24, 2.45) is 5.41 Å². The van der Waals surface area contributed by atoms with Gasteiger partial charge in [0.05, 0.1) is 28.3 Å². The van der Waals surface area contributed by atoms with E-state index in [0.29, 0.717) is 6.04 Å². The monoisotopic (exact) mass is 733 g/mol. The van der Waals surface area contributed by atoms with Crippen LogP contribution in [0.25, 0.3) is 22.0 Å². The Morgan fingerprint density at radius 3 is 2.38 bits per heavy atom. The molecule has 6 aliphatic rings. The van der Waals surface area contributed by atoms with E-state index in [0.717, 1.165) is 142 Å². The first-order valence-electron chi connectivity index (χ1n) is 19.9. The summed E-state index contributed by atoms with van der Waals surface area (Å²) in [4.78, 5) is 20.1. The standard InChI is InChI=1S/C40H56ClN7O4/c1-26-19-31-30(22-42-48(31)32-9-6-7-16-51-32)34(35(26)41)33-27(2)47(29-20-39(21-29)23-45(24-39)37(49)52-38(3,4)5)43-36(33)46-15-14-44(25-40(46)12-8-13-40)28-10-17-50-18-11-28/h19,22,28-29,32H,6-18,20-21,23-25H2,1-5H3. The molecular formula is C40H56ClN7O4. The van der Waals surface area contributed by atoms with Crippen molar-refractivity contribution in [1.82, 2.24) is 29.4 Å². The first kappa shape index (κ1) is 34.9. The maximum Gasteiger partial charge on any atom is 0.410 e. The van der Waals surface area contributed by atoms with Gasteiger partial charge < -0.3 is 24.0 Å². The average molecular weight is 734 g/mol. The highest BCUT2D eigenvalue weighted by Gasteiger charge is 2.56. The summed E-state index contributed by atoms with van der Waals surface area (Å²) in [6.07, 6.45) is 12.8. The Morgan fingerprint density at radius 1 is 0.942 bits per heavy atom. The number of benzene rings is 1. The number of rotatable bonds is 5. The number of amides is 1. The van der Waals surface area contributed by atoms with Crippen molar-refractivity contribution in [2.45, 2.75) is 128 Å². The molecule has 2 spiro atoms. The third-order valence-electron chi connectivity index (χ3n) is 13.1. The first-order chi connectivity index (χ1) is 24.9. The van der Waals surface area contributed by atoms with Gasteiger partial charge in [-0.15, -0.1) is 0 Å². The van der Waals surface area contributed by atoms with E-state index in [1.165, 1.54) is 19.3 Å². The zero-order valence-corrected chi connectivity index (χ0v) is 32.5. The summed E-state index contributed by atoms with van der Waals surface area (Å²) < 4.78 is 22.1. The topological polar surface area (TPSA) is 90.1 Å². The van der Waals surface area contributed by atoms with E-state index in [-0.39, 0.29) is 29.3 Å². The molecule has 0 radical (unpaired) electrons. The van der Waals surface area contributed by atoms with E-state index in [4.69, 9.17) is 36.0 Å². The van der Waals surface area contributed by atoms with Crippen LogP contribution in [0.2, 0.25) is 5.02 Å². The molecule has 282 valence electrons. The number of aromatic nitrogens is 4. The van der Waals surface area contributed by atoms with E-state index in [9.17, 15) is 4.79 Å². The van der Waals surface area contributed by atoms with Gasteiger partial charge in [0.15, 0.2) is 12.0 Å². The van der Waals surface area contributed by atoms with E-state index >= 15 is 0 Å². The van der Waals surface area contributed by atoms with Gasteiger partial charge in [0.2, 0.25) is 0 Å². The van der Waals surface area contributed by atoms with Crippen molar-refractivity contribution >= 4 is 34.4 Å². The number of fused-ring (bicyclic) bond motifs is 1. The van der Waals surface area contributed by atoms with Crippen molar-refractivity contribution in [3.8, 4) is 11.1 Å². The minimum absolute atomic E-state index is 0.0617. The largest absolute Gasteiger partial charge is 0.444 e. The number of hydrogen-bond donors (Lipinski definition) is 0. The van der Waals surface area contributed by atoms with Crippen molar-refractivity contribution in [2.75, 3.05) is 57.4 Å². The van der Waals surface area contributed by atoms with Crippen molar-refractivity contribution < 1.29 is 19.0 Å². The zero-order chi connectivity index (χ0) is 36.0. The van der Waals surface area contributed by atoms with Crippen LogP contribution in [0.3, 0.4) is 0 Å². The molecular weight excluding hydrogens is 678 g/mol. The summed E-state index contributed by atoms with van der Waals surface area (Å²) in [5.41, 5.74) is 5.19. The lowest BCUT2D eigenvalue weighted by atomic mass is 9.61. The predicted molar refractivity (Wildman–Crippen MR) is 202 cm³/mol. The Bertz CT molecular complexity index is 1830. The van der Waals surface area contributed by atoms with Gasteiger partial charge in [0.1, 0.15) is 5.60 Å². The van der Waals surface area contributed by atoms with E-state index in [2.05, 4.69) is 39.1 Å². The average Bonchev–Trinajstić information content (AvgIpc) is 3.63. The molecule has 52 heavy (non-hydrogen) atoms. The summed E-state index contributed by atoms with van der Waals surface area (Å²) >= 11 is 7.44. The molecule has 4 aliphatic heterocycles. The summed E-state index contributed by atoms with van der Waals surface area (Å²) in [6, 6.07) is 3.06. The van der Waals surface area contributed by atoms with Crippen LogP contribution in [0, 0.1) is 19.3 Å². The Labute approximate surface area is 312 Å². The predicted octanol–water partition coefficient (Wildman–Crippen LogP) is 7.66.